The summed E-state index contributed by atoms with van der Waals surface area (Å²) in [6.45, 7) is 4.05. The Bertz CT molecular complexity index is 866. The average Bonchev–Trinajstić information content (AvgIpc) is 2.54. The molecule has 1 unspecified atom stereocenters. The molecule has 112 valence electrons. The minimum atomic E-state index is 0.0406. The Morgan fingerprint density at radius 1 is 1.05 bits per heavy atom. The van der Waals surface area contributed by atoms with Gasteiger partial charge in [0.05, 0.1) is 5.39 Å². The third-order valence-corrected chi connectivity index (χ3v) is 4.17. The monoisotopic (exact) mass is 292 g/mol. The summed E-state index contributed by atoms with van der Waals surface area (Å²) >= 11 is 0. The lowest BCUT2D eigenvalue weighted by Gasteiger charge is -2.20. The normalized spacial score (nSPS) is 12.5. The Balaban J connectivity index is 2.44. The number of nitrogens with zero attached hydrogens (tertiary/aromatic N) is 1. The van der Waals surface area contributed by atoms with E-state index in [-0.39, 0.29) is 11.6 Å². The summed E-state index contributed by atoms with van der Waals surface area (Å²) in [6, 6.07) is 18.0. The van der Waals surface area contributed by atoms with E-state index in [1.165, 1.54) is 0 Å². The molecule has 0 saturated carbocycles. The molecule has 1 N–H and O–H groups in total. The molecule has 0 aliphatic heterocycles. The number of fused-ring (bicyclic) bond motifs is 1. The quantitative estimate of drug-likeness (QED) is 0.800. The van der Waals surface area contributed by atoms with E-state index in [0.29, 0.717) is 0 Å². The van der Waals surface area contributed by atoms with Gasteiger partial charge < -0.3 is 5.32 Å². The molecule has 0 saturated heterocycles. The average molecular weight is 292 g/mol. The Labute approximate surface area is 130 Å². The van der Waals surface area contributed by atoms with Gasteiger partial charge in [-0.25, -0.2) is 0 Å². The van der Waals surface area contributed by atoms with Gasteiger partial charge in [-0.3, -0.25) is 9.36 Å². The first kappa shape index (κ1) is 14.5. The van der Waals surface area contributed by atoms with Gasteiger partial charge in [-0.05, 0) is 50.0 Å². The van der Waals surface area contributed by atoms with Crippen LogP contribution in [0.25, 0.3) is 16.5 Å². The molecule has 3 heteroatoms. The SMILES string of the molecule is CNC(C)c1cc2cccc(C)c2c(=O)n1-c1ccccc1. The van der Waals surface area contributed by atoms with Crippen molar-refractivity contribution in [2.75, 3.05) is 7.05 Å². The fraction of sp³-hybridized carbons (Fsp3) is 0.211. The molecule has 3 nitrogen and oxygen atoms in total. The molecule has 22 heavy (non-hydrogen) atoms. The number of aromatic nitrogens is 1. The fourth-order valence-electron chi connectivity index (χ4n) is 2.87. The molecule has 3 rings (SSSR count). The van der Waals surface area contributed by atoms with Crippen LogP contribution in [-0.2, 0) is 0 Å². The van der Waals surface area contributed by atoms with E-state index in [9.17, 15) is 4.79 Å². The summed E-state index contributed by atoms with van der Waals surface area (Å²) in [5, 5.41) is 5.02. The summed E-state index contributed by atoms with van der Waals surface area (Å²) in [6.07, 6.45) is 0. The minimum absolute atomic E-state index is 0.0406. The number of para-hydroxylation sites is 1. The first-order valence-electron chi connectivity index (χ1n) is 7.51. The zero-order chi connectivity index (χ0) is 15.7. The highest BCUT2D eigenvalue weighted by molar-refractivity contribution is 5.85. The largest absolute Gasteiger partial charge is 0.312 e. The zero-order valence-electron chi connectivity index (χ0n) is 13.1. The van der Waals surface area contributed by atoms with Crippen LogP contribution in [0, 0.1) is 6.92 Å². The molecule has 1 atom stereocenters. The number of aryl methyl sites for hydroxylation is 1. The highest BCUT2D eigenvalue weighted by atomic mass is 16.1. The van der Waals surface area contributed by atoms with E-state index >= 15 is 0 Å². The maximum atomic E-state index is 13.1. The van der Waals surface area contributed by atoms with Gasteiger partial charge in [-0.15, -0.1) is 0 Å². The summed E-state index contributed by atoms with van der Waals surface area (Å²) in [5.74, 6) is 0. The number of benzene rings is 2. The van der Waals surface area contributed by atoms with Crippen molar-refractivity contribution in [2.24, 2.45) is 0 Å². The molecular formula is C19H20N2O. The predicted octanol–water partition coefficient (Wildman–Crippen LogP) is 3.58. The van der Waals surface area contributed by atoms with Gasteiger partial charge in [0.25, 0.3) is 5.56 Å². The molecule has 0 bridgehead atoms. The third-order valence-electron chi connectivity index (χ3n) is 4.17. The van der Waals surface area contributed by atoms with E-state index in [4.69, 9.17) is 0 Å². The Hall–Kier alpha value is -2.39. The molecule has 0 fully saturated rings. The van der Waals surface area contributed by atoms with Crippen LogP contribution < -0.4 is 10.9 Å². The molecule has 1 heterocycles. The number of nitrogens with one attached hydrogen (secondary N) is 1. The molecule has 1 aromatic heterocycles. The predicted molar refractivity (Wildman–Crippen MR) is 91.8 cm³/mol. The first-order chi connectivity index (χ1) is 10.6. The van der Waals surface area contributed by atoms with Crippen LogP contribution in [0.15, 0.2) is 59.4 Å². The second-order valence-corrected chi connectivity index (χ2v) is 5.59. The van der Waals surface area contributed by atoms with Crippen molar-refractivity contribution in [3.8, 4) is 5.69 Å². The number of pyridine rings is 1. The molecule has 0 aliphatic carbocycles. The van der Waals surface area contributed by atoms with Crippen molar-refractivity contribution in [3.63, 3.8) is 0 Å². The maximum Gasteiger partial charge on any atom is 0.263 e. The molecule has 3 aromatic rings. The smallest absolute Gasteiger partial charge is 0.263 e. The molecule has 0 amide bonds. The van der Waals surface area contributed by atoms with Crippen LogP contribution in [0.3, 0.4) is 0 Å². The van der Waals surface area contributed by atoms with Crippen molar-refractivity contribution in [1.82, 2.24) is 9.88 Å². The van der Waals surface area contributed by atoms with Crippen molar-refractivity contribution in [3.05, 3.63) is 76.2 Å². The van der Waals surface area contributed by atoms with Crippen LogP contribution in [0.4, 0.5) is 0 Å². The fourth-order valence-corrected chi connectivity index (χ4v) is 2.87. The number of hydrogen-bond acceptors (Lipinski definition) is 2. The lowest BCUT2D eigenvalue weighted by atomic mass is 10.0. The second kappa shape index (κ2) is 5.78. The molecule has 0 aliphatic rings. The Morgan fingerprint density at radius 3 is 2.45 bits per heavy atom. The lowest BCUT2D eigenvalue weighted by molar-refractivity contribution is 0.612. The Morgan fingerprint density at radius 2 is 1.77 bits per heavy atom. The van der Waals surface area contributed by atoms with Crippen molar-refractivity contribution < 1.29 is 0 Å². The van der Waals surface area contributed by atoms with Gasteiger partial charge in [0.15, 0.2) is 0 Å². The zero-order valence-corrected chi connectivity index (χ0v) is 13.1. The summed E-state index contributed by atoms with van der Waals surface area (Å²) in [7, 11) is 1.91. The van der Waals surface area contributed by atoms with E-state index in [1.807, 2.05) is 67.1 Å². The molecule has 2 aromatic carbocycles. The summed E-state index contributed by atoms with van der Waals surface area (Å²) in [5.41, 5.74) is 2.92. The van der Waals surface area contributed by atoms with Gasteiger partial charge in [-0.2, -0.15) is 0 Å². The van der Waals surface area contributed by atoms with Crippen LogP contribution in [-0.4, -0.2) is 11.6 Å². The van der Waals surface area contributed by atoms with Crippen LogP contribution in [0.1, 0.15) is 24.2 Å². The second-order valence-electron chi connectivity index (χ2n) is 5.59. The van der Waals surface area contributed by atoms with E-state index in [2.05, 4.69) is 18.3 Å². The topological polar surface area (TPSA) is 34.0 Å². The van der Waals surface area contributed by atoms with E-state index in [1.54, 1.807) is 0 Å². The van der Waals surface area contributed by atoms with E-state index < -0.39 is 0 Å². The van der Waals surface area contributed by atoms with Crippen molar-refractivity contribution in [1.29, 1.82) is 0 Å². The lowest BCUT2D eigenvalue weighted by Crippen LogP contribution is -2.27. The van der Waals surface area contributed by atoms with Gasteiger partial charge in [0.2, 0.25) is 0 Å². The Kier molecular flexibility index (Phi) is 3.82. The van der Waals surface area contributed by atoms with Gasteiger partial charge in [0.1, 0.15) is 0 Å². The first-order valence-corrected chi connectivity index (χ1v) is 7.51. The number of rotatable bonds is 3. The highest BCUT2D eigenvalue weighted by Gasteiger charge is 2.15. The highest BCUT2D eigenvalue weighted by Crippen LogP contribution is 2.22. The number of hydrogen-bond donors (Lipinski definition) is 1. The molecular weight excluding hydrogens is 272 g/mol. The standard InChI is InChI=1S/C19H20N2O/c1-13-8-7-9-15-12-17(14(2)20-3)21(19(22)18(13)15)16-10-5-4-6-11-16/h4-12,14,20H,1-3H3. The molecule has 0 spiro atoms. The minimum Gasteiger partial charge on any atom is -0.312 e. The van der Waals surface area contributed by atoms with Crippen LogP contribution >= 0.6 is 0 Å². The van der Waals surface area contributed by atoms with Gasteiger partial charge in [0, 0.05) is 17.4 Å². The van der Waals surface area contributed by atoms with Gasteiger partial charge in [-0.1, -0.05) is 36.4 Å². The van der Waals surface area contributed by atoms with E-state index in [0.717, 1.165) is 27.7 Å². The summed E-state index contributed by atoms with van der Waals surface area (Å²) in [4.78, 5) is 13.1. The summed E-state index contributed by atoms with van der Waals surface area (Å²) < 4.78 is 1.82. The third kappa shape index (κ3) is 2.34. The van der Waals surface area contributed by atoms with Crippen molar-refractivity contribution >= 4 is 10.8 Å². The van der Waals surface area contributed by atoms with Crippen LogP contribution in [0.2, 0.25) is 0 Å². The van der Waals surface area contributed by atoms with Crippen LogP contribution in [0.5, 0.6) is 0 Å². The van der Waals surface area contributed by atoms with Gasteiger partial charge >= 0.3 is 0 Å². The maximum absolute atomic E-state index is 13.1. The van der Waals surface area contributed by atoms with Crippen molar-refractivity contribution in [2.45, 2.75) is 19.9 Å². The molecule has 0 radical (unpaired) electrons.